The van der Waals surface area contributed by atoms with E-state index in [4.69, 9.17) is 16.3 Å². The van der Waals surface area contributed by atoms with Crippen molar-refractivity contribution in [3.05, 3.63) is 24.5 Å². The Balaban J connectivity index is 1.72. The maximum absolute atomic E-state index is 6.52. The fourth-order valence-electron chi connectivity index (χ4n) is 3.47. The van der Waals surface area contributed by atoms with Crippen LogP contribution in [0.15, 0.2) is 24.5 Å². The summed E-state index contributed by atoms with van der Waals surface area (Å²) >= 11 is 6.52. The van der Waals surface area contributed by atoms with Crippen molar-refractivity contribution in [3.8, 4) is 5.75 Å². The van der Waals surface area contributed by atoms with Crippen LogP contribution in [0.5, 0.6) is 5.75 Å². The third kappa shape index (κ3) is 2.11. The van der Waals surface area contributed by atoms with Crippen molar-refractivity contribution in [1.29, 1.82) is 0 Å². The van der Waals surface area contributed by atoms with Crippen molar-refractivity contribution < 1.29 is 4.74 Å². The van der Waals surface area contributed by atoms with Crippen LogP contribution >= 0.6 is 11.6 Å². The van der Waals surface area contributed by atoms with Gasteiger partial charge in [0.05, 0.1) is 6.20 Å². The molecule has 1 spiro atoms. The minimum absolute atomic E-state index is 0.230. The molecule has 0 N–H and O–H groups in total. The number of alkyl halides is 1. The molecule has 1 aromatic heterocycles. The van der Waals surface area contributed by atoms with E-state index in [9.17, 15) is 0 Å². The summed E-state index contributed by atoms with van der Waals surface area (Å²) in [6, 6.07) is 3.91. The second-order valence-corrected chi connectivity index (χ2v) is 6.17. The van der Waals surface area contributed by atoms with Gasteiger partial charge in [-0.15, -0.1) is 11.6 Å². The lowest BCUT2D eigenvalue weighted by molar-refractivity contribution is -0.0514. The Bertz CT molecular complexity index is 387. The van der Waals surface area contributed by atoms with Crippen LogP contribution in [-0.4, -0.2) is 16.5 Å². The Morgan fingerprint density at radius 1 is 1.22 bits per heavy atom. The lowest BCUT2D eigenvalue weighted by atomic mass is 9.61. The number of rotatable bonds is 2. The van der Waals surface area contributed by atoms with Crippen LogP contribution in [0, 0.1) is 5.41 Å². The van der Waals surface area contributed by atoms with Crippen molar-refractivity contribution in [3.63, 3.8) is 0 Å². The molecule has 2 nitrogen and oxygen atoms in total. The molecule has 1 aromatic rings. The third-order valence-corrected chi connectivity index (χ3v) is 5.25. The molecule has 2 unspecified atom stereocenters. The van der Waals surface area contributed by atoms with E-state index >= 15 is 0 Å². The molecule has 3 rings (SSSR count). The fourth-order valence-corrected chi connectivity index (χ4v) is 3.99. The first-order valence-electron chi connectivity index (χ1n) is 7.02. The maximum atomic E-state index is 6.52. The molecule has 2 aliphatic carbocycles. The van der Waals surface area contributed by atoms with E-state index in [1.807, 2.05) is 12.1 Å². The predicted molar refractivity (Wildman–Crippen MR) is 73.0 cm³/mol. The van der Waals surface area contributed by atoms with E-state index in [2.05, 4.69) is 4.98 Å². The summed E-state index contributed by atoms with van der Waals surface area (Å²) in [6.07, 6.45) is 12.6. The Labute approximate surface area is 114 Å². The van der Waals surface area contributed by atoms with Crippen LogP contribution in [-0.2, 0) is 0 Å². The van der Waals surface area contributed by atoms with Crippen LogP contribution in [0.2, 0.25) is 0 Å². The minimum atomic E-state index is 0.230. The predicted octanol–water partition coefficient (Wildman–Crippen LogP) is 4.18. The fraction of sp³-hybridized carbons (Fsp3) is 0.667. The summed E-state index contributed by atoms with van der Waals surface area (Å²) in [4.78, 5) is 4.11. The maximum Gasteiger partial charge on any atom is 0.138 e. The highest BCUT2D eigenvalue weighted by molar-refractivity contribution is 6.21. The zero-order valence-corrected chi connectivity index (χ0v) is 11.4. The summed E-state index contributed by atoms with van der Waals surface area (Å²) in [5, 5.41) is 0.303. The number of aromatic nitrogens is 1. The molecule has 2 atom stereocenters. The number of pyridine rings is 1. The molecule has 3 heteroatoms. The van der Waals surface area contributed by atoms with Crippen molar-refractivity contribution in [2.75, 3.05) is 0 Å². The molecule has 0 aromatic carbocycles. The molecule has 18 heavy (non-hydrogen) atoms. The summed E-state index contributed by atoms with van der Waals surface area (Å²) in [6.45, 7) is 0. The second kappa shape index (κ2) is 5.08. The molecular weight excluding hydrogens is 246 g/mol. The van der Waals surface area contributed by atoms with Gasteiger partial charge in [0.1, 0.15) is 11.9 Å². The molecule has 0 saturated heterocycles. The molecule has 1 heterocycles. The quantitative estimate of drug-likeness (QED) is 0.749. The first-order valence-corrected chi connectivity index (χ1v) is 7.46. The van der Waals surface area contributed by atoms with Gasteiger partial charge in [0, 0.05) is 23.4 Å². The topological polar surface area (TPSA) is 22.1 Å². The smallest absolute Gasteiger partial charge is 0.138 e. The number of hydrogen-bond acceptors (Lipinski definition) is 2. The largest absolute Gasteiger partial charge is 0.488 e. The number of nitrogens with zero attached hydrogens (tertiary/aromatic N) is 1. The zero-order valence-electron chi connectivity index (χ0n) is 10.6. The molecule has 0 radical (unpaired) electrons. The Morgan fingerprint density at radius 2 is 2.00 bits per heavy atom. The molecule has 2 aliphatic rings. The second-order valence-electron chi connectivity index (χ2n) is 5.65. The van der Waals surface area contributed by atoms with E-state index in [1.54, 1.807) is 12.4 Å². The Hall–Kier alpha value is -0.760. The molecular formula is C15H20ClNO. The Kier molecular flexibility index (Phi) is 3.47. The van der Waals surface area contributed by atoms with E-state index in [0.717, 1.165) is 12.2 Å². The van der Waals surface area contributed by atoms with Crippen LogP contribution in [0.25, 0.3) is 0 Å². The summed E-state index contributed by atoms with van der Waals surface area (Å²) in [5.41, 5.74) is 0.230. The van der Waals surface area contributed by atoms with Gasteiger partial charge < -0.3 is 4.74 Å². The van der Waals surface area contributed by atoms with Gasteiger partial charge in [0.2, 0.25) is 0 Å². The Morgan fingerprint density at radius 3 is 2.61 bits per heavy atom. The van der Waals surface area contributed by atoms with Gasteiger partial charge in [-0.25, -0.2) is 0 Å². The zero-order chi connectivity index (χ0) is 12.4. The lowest BCUT2D eigenvalue weighted by Gasteiger charge is -2.53. The third-order valence-electron chi connectivity index (χ3n) is 4.63. The molecule has 2 fully saturated rings. The van der Waals surface area contributed by atoms with Crippen LogP contribution in [0.4, 0.5) is 0 Å². The van der Waals surface area contributed by atoms with Crippen LogP contribution in [0.3, 0.4) is 0 Å². The van der Waals surface area contributed by atoms with Crippen molar-refractivity contribution in [2.24, 2.45) is 5.41 Å². The standard InChI is InChI=1S/C15H20ClNO/c16-13-10-14(18-12-6-5-9-17-11-12)15(13)7-3-1-2-4-8-15/h5-6,9,11,13-14H,1-4,7-8,10H2. The van der Waals surface area contributed by atoms with E-state index < -0.39 is 0 Å². The van der Waals surface area contributed by atoms with Gasteiger partial charge in [0.15, 0.2) is 0 Å². The van der Waals surface area contributed by atoms with Crippen LogP contribution < -0.4 is 4.74 Å². The lowest BCUT2D eigenvalue weighted by Crippen LogP contribution is -2.57. The molecule has 2 saturated carbocycles. The molecule has 0 amide bonds. The van der Waals surface area contributed by atoms with Gasteiger partial charge in [0.25, 0.3) is 0 Å². The summed E-state index contributed by atoms with van der Waals surface area (Å²) < 4.78 is 6.12. The summed E-state index contributed by atoms with van der Waals surface area (Å²) in [5.74, 6) is 0.884. The highest BCUT2D eigenvalue weighted by Gasteiger charge is 2.55. The molecule has 0 aliphatic heterocycles. The van der Waals surface area contributed by atoms with Gasteiger partial charge in [-0.3, -0.25) is 4.98 Å². The van der Waals surface area contributed by atoms with E-state index in [-0.39, 0.29) is 5.41 Å². The first-order chi connectivity index (χ1) is 8.81. The highest BCUT2D eigenvalue weighted by atomic mass is 35.5. The average Bonchev–Trinajstić information content (AvgIpc) is 2.67. The van der Waals surface area contributed by atoms with Gasteiger partial charge in [-0.1, -0.05) is 25.7 Å². The van der Waals surface area contributed by atoms with Crippen LogP contribution in [0.1, 0.15) is 44.9 Å². The van der Waals surface area contributed by atoms with E-state index in [1.165, 1.54) is 38.5 Å². The molecule has 0 bridgehead atoms. The van der Waals surface area contributed by atoms with Gasteiger partial charge >= 0.3 is 0 Å². The monoisotopic (exact) mass is 265 g/mol. The normalized spacial score (nSPS) is 30.5. The van der Waals surface area contributed by atoms with Crippen molar-refractivity contribution in [2.45, 2.75) is 56.4 Å². The first kappa shape index (κ1) is 12.3. The van der Waals surface area contributed by atoms with E-state index in [0.29, 0.717) is 11.5 Å². The number of hydrogen-bond donors (Lipinski definition) is 0. The molecule has 98 valence electrons. The van der Waals surface area contributed by atoms with Crippen molar-refractivity contribution >= 4 is 11.6 Å². The highest BCUT2D eigenvalue weighted by Crippen LogP contribution is 2.54. The minimum Gasteiger partial charge on any atom is -0.488 e. The van der Waals surface area contributed by atoms with Gasteiger partial charge in [-0.05, 0) is 25.0 Å². The average molecular weight is 266 g/mol. The van der Waals surface area contributed by atoms with Gasteiger partial charge in [-0.2, -0.15) is 0 Å². The number of ether oxygens (including phenoxy) is 1. The SMILES string of the molecule is ClC1CC(Oc2cccnc2)C12CCCCCC2. The summed E-state index contributed by atoms with van der Waals surface area (Å²) in [7, 11) is 0. The van der Waals surface area contributed by atoms with Crippen molar-refractivity contribution in [1.82, 2.24) is 4.98 Å². The number of halogens is 1.